The van der Waals surface area contributed by atoms with E-state index in [4.69, 9.17) is 13.9 Å². The lowest BCUT2D eigenvalue weighted by molar-refractivity contribution is -0.0895. The number of nitrogens with one attached hydrogen (secondary N) is 3. The summed E-state index contributed by atoms with van der Waals surface area (Å²) in [5.74, 6) is 0.194. The van der Waals surface area contributed by atoms with Crippen LogP contribution < -0.4 is 20.1 Å². The molecule has 1 aliphatic carbocycles. The van der Waals surface area contributed by atoms with Crippen molar-refractivity contribution in [2.24, 2.45) is 0 Å². The minimum absolute atomic E-state index is 0.0245. The highest BCUT2D eigenvalue weighted by Crippen LogP contribution is 2.25. The maximum atomic E-state index is 13.6. The van der Waals surface area contributed by atoms with E-state index in [1.807, 2.05) is 49.3 Å². The molecule has 12 heteroatoms. The zero-order valence-electron chi connectivity index (χ0n) is 23.9. The fourth-order valence-corrected chi connectivity index (χ4v) is 5.94. The monoisotopic (exact) mass is 600 g/mol. The second-order valence-corrected chi connectivity index (χ2v) is 12.3. The summed E-state index contributed by atoms with van der Waals surface area (Å²) in [6.45, 7) is 1.41. The Morgan fingerprint density at radius 2 is 1.86 bits per heavy atom. The molecule has 1 aromatic heterocycles. The molecule has 228 valence electrons. The normalized spacial score (nSPS) is 16.2. The van der Waals surface area contributed by atoms with E-state index in [1.54, 1.807) is 18.2 Å². The Hall–Kier alpha value is -3.42. The van der Waals surface area contributed by atoms with Gasteiger partial charge >= 0.3 is 6.09 Å². The molecule has 2 aromatic carbocycles. The first kappa shape index (κ1) is 31.5. The van der Waals surface area contributed by atoms with Gasteiger partial charge in [0.2, 0.25) is 10.0 Å². The molecule has 1 heterocycles. The summed E-state index contributed by atoms with van der Waals surface area (Å²) >= 11 is 0. The Morgan fingerprint density at radius 3 is 2.55 bits per heavy atom. The third-order valence-corrected chi connectivity index (χ3v) is 8.39. The van der Waals surface area contributed by atoms with E-state index in [0.717, 1.165) is 37.8 Å². The number of hydrogen-bond donors (Lipinski definition) is 4. The number of ether oxygens (including phenoxy) is 2. The maximum absolute atomic E-state index is 13.6. The van der Waals surface area contributed by atoms with Gasteiger partial charge in [-0.25, -0.2) is 13.2 Å². The number of benzene rings is 2. The van der Waals surface area contributed by atoms with Gasteiger partial charge in [0, 0.05) is 24.8 Å². The van der Waals surface area contributed by atoms with Gasteiger partial charge < -0.3 is 34.5 Å². The van der Waals surface area contributed by atoms with Gasteiger partial charge in [0.1, 0.15) is 18.6 Å². The highest BCUT2D eigenvalue weighted by Gasteiger charge is 2.36. The number of aliphatic hydroxyl groups is 1. The number of carbonyl (C=O) groups excluding carboxylic acids is 1. The van der Waals surface area contributed by atoms with Crippen molar-refractivity contribution in [1.82, 2.24) is 14.9 Å². The van der Waals surface area contributed by atoms with Crippen molar-refractivity contribution in [2.45, 2.75) is 61.5 Å². The lowest BCUT2D eigenvalue weighted by Gasteiger charge is -2.32. The van der Waals surface area contributed by atoms with Gasteiger partial charge in [-0.15, -0.1) is 0 Å². The molecule has 0 aliphatic heterocycles. The van der Waals surface area contributed by atoms with Crippen molar-refractivity contribution < 1.29 is 32.2 Å². The molecule has 0 radical (unpaired) electrons. The number of sulfonamides is 1. The first-order valence-electron chi connectivity index (χ1n) is 14.1. The summed E-state index contributed by atoms with van der Waals surface area (Å²) in [5, 5.41) is 17.6. The molecule has 3 atom stereocenters. The van der Waals surface area contributed by atoms with Crippen LogP contribution in [0.5, 0.6) is 5.75 Å². The van der Waals surface area contributed by atoms with Crippen LogP contribution in [0.3, 0.4) is 0 Å². The molecule has 3 aromatic rings. The van der Waals surface area contributed by atoms with Gasteiger partial charge in [-0.05, 0) is 57.1 Å². The van der Waals surface area contributed by atoms with Gasteiger partial charge in [0.15, 0.2) is 5.75 Å². The smallest absolute Gasteiger partial charge is 0.413 e. The molecule has 11 nitrogen and oxygen atoms in total. The molecule has 1 saturated carbocycles. The minimum Gasteiger partial charge on any atom is -0.469 e. The Labute approximate surface area is 247 Å². The first-order chi connectivity index (χ1) is 20.2. The van der Waals surface area contributed by atoms with Gasteiger partial charge in [-0.1, -0.05) is 49.2 Å². The Balaban J connectivity index is 1.56. The maximum Gasteiger partial charge on any atom is 0.413 e. The van der Waals surface area contributed by atoms with Gasteiger partial charge in [-0.3, -0.25) is 0 Å². The average Bonchev–Trinajstić information content (AvgIpc) is 3.67. The molecule has 0 spiro atoms. The third kappa shape index (κ3) is 9.57. The Kier molecular flexibility index (Phi) is 11.4. The van der Waals surface area contributed by atoms with Crippen molar-refractivity contribution in [1.29, 1.82) is 0 Å². The molecule has 42 heavy (non-hydrogen) atoms. The standard InChI is InChI=1S/C30H40N4O7S/c1-34(2)17-16-31-23-11-8-14-26(20-23)42(37,38)33-29(40-24-12-6-7-13-24)28(35)27(19-22-9-4-3-5-10-22)32-30(36)41-25-15-18-39-21-25/h3-5,8-11,14-15,18,20-21,24,27-29,31,33,35H,6-7,12-13,16-17,19H2,1-2H3,(H,32,36)/t27-,28+,29?/m0/s1. The number of hydrogen-bond acceptors (Lipinski definition) is 9. The number of carbonyl (C=O) groups is 1. The minimum atomic E-state index is -4.13. The molecule has 1 aliphatic rings. The SMILES string of the molecule is CN(C)CCNc1cccc(S(=O)(=O)NC(OC2CCCC2)[C@H](O)[C@H](Cc2ccccc2)NC(=O)Oc2ccoc2)c1. The summed E-state index contributed by atoms with van der Waals surface area (Å²) in [5.41, 5.74) is 1.48. The van der Waals surface area contributed by atoms with Crippen LogP contribution in [0.1, 0.15) is 31.2 Å². The van der Waals surface area contributed by atoms with Crippen molar-refractivity contribution in [3.05, 3.63) is 78.8 Å². The average molecular weight is 601 g/mol. The van der Waals surface area contributed by atoms with E-state index < -0.39 is 34.5 Å². The van der Waals surface area contributed by atoms with Crippen molar-refractivity contribution in [3.63, 3.8) is 0 Å². The second-order valence-electron chi connectivity index (χ2n) is 10.6. The molecular formula is C30H40N4O7S. The second kappa shape index (κ2) is 15.2. The first-order valence-corrected chi connectivity index (χ1v) is 15.6. The number of likely N-dealkylation sites (N-methyl/N-ethyl adjacent to an activating group) is 1. The van der Waals surface area contributed by atoms with Crippen LogP contribution >= 0.6 is 0 Å². The molecule has 4 rings (SSSR count). The lowest BCUT2D eigenvalue weighted by atomic mass is 10.0. The summed E-state index contributed by atoms with van der Waals surface area (Å²) in [6, 6.07) is 16.3. The van der Waals surface area contributed by atoms with Crippen LogP contribution in [0.2, 0.25) is 0 Å². The van der Waals surface area contributed by atoms with Crippen LogP contribution in [0.4, 0.5) is 10.5 Å². The summed E-state index contributed by atoms with van der Waals surface area (Å²) in [7, 11) is -0.212. The predicted octanol–water partition coefficient (Wildman–Crippen LogP) is 3.58. The molecule has 1 unspecified atom stereocenters. The van der Waals surface area contributed by atoms with E-state index in [-0.39, 0.29) is 23.2 Å². The van der Waals surface area contributed by atoms with E-state index >= 15 is 0 Å². The molecule has 1 fully saturated rings. The quantitative estimate of drug-likeness (QED) is 0.193. The van der Waals surface area contributed by atoms with Crippen molar-refractivity contribution in [2.75, 3.05) is 32.5 Å². The number of aliphatic hydroxyl groups excluding tert-OH is 1. The highest BCUT2D eigenvalue weighted by molar-refractivity contribution is 7.89. The van der Waals surface area contributed by atoms with E-state index in [1.165, 1.54) is 24.7 Å². The predicted molar refractivity (Wildman–Crippen MR) is 159 cm³/mol. The van der Waals surface area contributed by atoms with Crippen LogP contribution in [0, 0.1) is 0 Å². The van der Waals surface area contributed by atoms with E-state index in [2.05, 4.69) is 15.4 Å². The van der Waals surface area contributed by atoms with E-state index in [9.17, 15) is 18.3 Å². The van der Waals surface area contributed by atoms with Crippen LogP contribution in [-0.2, 0) is 21.2 Å². The molecule has 4 N–H and O–H groups in total. The number of nitrogens with zero attached hydrogens (tertiary/aromatic N) is 1. The van der Waals surface area contributed by atoms with Gasteiger partial charge in [0.05, 0.1) is 23.3 Å². The zero-order chi connectivity index (χ0) is 30.0. The van der Waals surface area contributed by atoms with Gasteiger partial charge in [0.25, 0.3) is 0 Å². The van der Waals surface area contributed by atoms with Crippen LogP contribution in [0.15, 0.2) is 82.5 Å². The van der Waals surface area contributed by atoms with Gasteiger partial charge in [-0.2, -0.15) is 4.72 Å². The van der Waals surface area contributed by atoms with Crippen LogP contribution in [0.25, 0.3) is 0 Å². The molecule has 0 bridgehead atoms. The molecule has 0 saturated heterocycles. The lowest BCUT2D eigenvalue weighted by Crippen LogP contribution is -2.57. The molecule has 1 amide bonds. The topological polar surface area (TPSA) is 142 Å². The van der Waals surface area contributed by atoms with Crippen molar-refractivity contribution in [3.8, 4) is 5.75 Å². The highest BCUT2D eigenvalue weighted by atomic mass is 32.2. The summed E-state index contributed by atoms with van der Waals surface area (Å²) in [6.07, 6.45) is 2.36. The fourth-order valence-electron chi connectivity index (χ4n) is 4.76. The van der Waals surface area contributed by atoms with Crippen LogP contribution in [-0.4, -0.2) is 76.2 Å². The summed E-state index contributed by atoms with van der Waals surface area (Å²) < 4.78 is 46.2. The fraction of sp³-hybridized carbons (Fsp3) is 0.433. The number of furan rings is 1. The summed E-state index contributed by atoms with van der Waals surface area (Å²) in [4.78, 5) is 14.8. The number of anilines is 1. The number of rotatable bonds is 15. The third-order valence-electron chi connectivity index (χ3n) is 6.97. The largest absolute Gasteiger partial charge is 0.469 e. The Morgan fingerprint density at radius 1 is 1.10 bits per heavy atom. The van der Waals surface area contributed by atoms with E-state index in [0.29, 0.717) is 12.2 Å². The number of amides is 1. The zero-order valence-corrected chi connectivity index (χ0v) is 24.8. The molecular weight excluding hydrogens is 560 g/mol. The Bertz CT molecular complexity index is 1350. The van der Waals surface area contributed by atoms with Crippen molar-refractivity contribution >= 4 is 21.8 Å².